The first-order chi connectivity index (χ1) is 9.40. The first-order valence-corrected chi connectivity index (χ1v) is 6.33. The zero-order valence-electron chi connectivity index (χ0n) is 11.3. The molecule has 112 valence electrons. The van der Waals surface area contributed by atoms with E-state index in [0.29, 0.717) is 0 Å². The number of ether oxygens (including phenoxy) is 2. The van der Waals surface area contributed by atoms with Crippen molar-refractivity contribution < 1.29 is 27.4 Å². The minimum absolute atomic E-state index is 0.0391. The van der Waals surface area contributed by atoms with Crippen molar-refractivity contribution in [2.75, 3.05) is 6.61 Å². The molecule has 0 amide bonds. The van der Waals surface area contributed by atoms with Gasteiger partial charge in [-0.05, 0) is 18.9 Å². The van der Waals surface area contributed by atoms with E-state index < -0.39 is 24.4 Å². The number of esters is 1. The lowest BCUT2D eigenvalue weighted by molar-refractivity contribution is -0.239. The quantitative estimate of drug-likeness (QED) is 0.750. The van der Waals surface area contributed by atoms with Crippen molar-refractivity contribution in [3.8, 4) is 0 Å². The average molecular weight is 290 g/mol. The first kappa shape index (κ1) is 16.5. The highest BCUT2D eigenvalue weighted by Crippen LogP contribution is 2.37. The van der Waals surface area contributed by atoms with E-state index in [-0.39, 0.29) is 18.6 Å². The topological polar surface area (TPSA) is 35.5 Å². The normalized spacial score (nSPS) is 14.7. The third-order valence-corrected chi connectivity index (χ3v) is 2.62. The van der Waals surface area contributed by atoms with Crippen LogP contribution in [0.15, 0.2) is 30.3 Å². The standard InChI is InChI=1S/C14H17F3O3/c1-3-11(13(18)19-4-2)20-12(14(15,16)17)10-8-6-5-7-9-10/h5-9,11-12H,3-4H2,1-2H3. The molecule has 0 aromatic heterocycles. The van der Waals surface area contributed by atoms with Gasteiger partial charge in [-0.3, -0.25) is 0 Å². The van der Waals surface area contributed by atoms with Gasteiger partial charge in [0.25, 0.3) is 0 Å². The summed E-state index contributed by atoms with van der Waals surface area (Å²) in [5.41, 5.74) is -0.0391. The highest BCUT2D eigenvalue weighted by atomic mass is 19.4. The summed E-state index contributed by atoms with van der Waals surface area (Å²) in [5, 5.41) is 0. The van der Waals surface area contributed by atoms with E-state index in [1.54, 1.807) is 19.9 Å². The Morgan fingerprint density at radius 3 is 2.25 bits per heavy atom. The van der Waals surface area contributed by atoms with Crippen LogP contribution in [-0.2, 0) is 14.3 Å². The molecule has 2 atom stereocenters. The molecule has 0 N–H and O–H groups in total. The fourth-order valence-corrected chi connectivity index (χ4v) is 1.69. The molecule has 0 saturated heterocycles. The monoisotopic (exact) mass is 290 g/mol. The van der Waals surface area contributed by atoms with Crippen molar-refractivity contribution in [1.82, 2.24) is 0 Å². The van der Waals surface area contributed by atoms with E-state index in [0.717, 1.165) is 0 Å². The molecule has 6 heteroatoms. The van der Waals surface area contributed by atoms with Gasteiger partial charge in [0.2, 0.25) is 0 Å². The number of carbonyl (C=O) groups is 1. The Balaban J connectivity index is 2.93. The van der Waals surface area contributed by atoms with Gasteiger partial charge in [-0.2, -0.15) is 13.2 Å². The van der Waals surface area contributed by atoms with Gasteiger partial charge in [-0.1, -0.05) is 37.3 Å². The van der Waals surface area contributed by atoms with Gasteiger partial charge in [-0.15, -0.1) is 0 Å². The second kappa shape index (κ2) is 7.28. The molecule has 0 aliphatic heterocycles. The van der Waals surface area contributed by atoms with Crippen LogP contribution < -0.4 is 0 Å². The maximum absolute atomic E-state index is 13.1. The Morgan fingerprint density at radius 2 is 1.80 bits per heavy atom. The molecule has 0 radical (unpaired) electrons. The minimum Gasteiger partial charge on any atom is -0.464 e. The van der Waals surface area contributed by atoms with Crippen molar-refractivity contribution in [1.29, 1.82) is 0 Å². The Kier molecular flexibility index (Phi) is 6.01. The minimum atomic E-state index is -4.60. The zero-order valence-corrected chi connectivity index (χ0v) is 11.3. The molecule has 0 aliphatic rings. The molecule has 0 bridgehead atoms. The van der Waals surface area contributed by atoms with Gasteiger partial charge in [0, 0.05) is 0 Å². The summed E-state index contributed by atoms with van der Waals surface area (Å²) < 4.78 is 48.9. The predicted molar refractivity (Wildman–Crippen MR) is 67.0 cm³/mol. The van der Waals surface area contributed by atoms with E-state index in [2.05, 4.69) is 0 Å². The largest absolute Gasteiger partial charge is 0.464 e. The van der Waals surface area contributed by atoms with Crippen LogP contribution in [0.2, 0.25) is 0 Å². The van der Waals surface area contributed by atoms with Crippen LogP contribution in [0.4, 0.5) is 13.2 Å². The summed E-state index contributed by atoms with van der Waals surface area (Å²) in [6.07, 6.45) is -7.86. The lowest BCUT2D eigenvalue weighted by atomic mass is 10.1. The molecule has 0 spiro atoms. The first-order valence-electron chi connectivity index (χ1n) is 6.33. The number of carbonyl (C=O) groups excluding carboxylic acids is 1. The molecule has 0 saturated carbocycles. The summed E-state index contributed by atoms with van der Waals surface area (Å²) in [4.78, 5) is 11.6. The highest BCUT2D eigenvalue weighted by molar-refractivity contribution is 5.74. The van der Waals surface area contributed by atoms with Crippen molar-refractivity contribution in [2.24, 2.45) is 0 Å². The Hall–Kier alpha value is -1.56. The molecule has 1 aromatic carbocycles. The number of benzene rings is 1. The van der Waals surface area contributed by atoms with E-state index in [1.165, 1.54) is 24.3 Å². The van der Waals surface area contributed by atoms with Crippen molar-refractivity contribution >= 4 is 5.97 Å². The molecule has 2 unspecified atom stereocenters. The van der Waals surface area contributed by atoms with Crippen LogP contribution in [0, 0.1) is 0 Å². The smallest absolute Gasteiger partial charge is 0.418 e. The van der Waals surface area contributed by atoms with Gasteiger partial charge in [0.1, 0.15) is 0 Å². The van der Waals surface area contributed by atoms with Crippen LogP contribution in [-0.4, -0.2) is 24.9 Å². The summed E-state index contributed by atoms with van der Waals surface area (Å²) in [6.45, 7) is 3.25. The fraction of sp³-hybridized carbons (Fsp3) is 0.500. The molecule has 0 heterocycles. The van der Waals surface area contributed by atoms with Crippen LogP contribution in [0.3, 0.4) is 0 Å². The number of hydrogen-bond donors (Lipinski definition) is 0. The number of rotatable bonds is 6. The van der Waals surface area contributed by atoms with Gasteiger partial charge < -0.3 is 9.47 Å². The number of alkyl halides is 3. The van der Waals surface area contributed by atoms with Crippen molar-refractivity contribution in [3.05, 3.63) is 35.9 Å². The second-order valence-corrected chi connectivity index (χ2v) is 4.12. The second-order valence-electron chi connectivity index (χ2n) is 4.12. The highest BCUT2D eigenvalue weighted by Gasteiger charge is 2.44. The van der Waals surface area contributed by atoms with E-state index in [1.807, 2.05) is 0 Å². The number of halogens is 3. The third kappa shape index (κ3) is 4.52. The van der Waals surface area contributed by atoms with Gasteiger partial charge in [0.05, 0.1) is 6.61 Å². The van der Waals surface area contributed by atoms with E-state index >= 15 is 0 Å². The Labute approximate surface area is 115 Å². The fourth-order valence-electron chi connectivity index (χ4n) is 1.69. The third-order valence-electron chi connectivity index (χ3n) is 2.62. The van der Waals surface area contributed by atoms with E-state index in [9.17, 15) is 18.0 Å². The Bertz CT molecular complexity index is 417. The molecule has 1 rings (SSSR count). The van der Waals surface area contributed by atoms with Crippen LogP contribution in [0.5, 0.6) is 0 Å². The SMILES string of the molecule is CCOC(=O)C(CC)OC(c1ccccc1)C(F)(F)F. The maximum atomic E-state index is 13.1. The number of hydrogen-bond acceptors (Lipinski definition) is 3. The van der Waals surface area contributed by atoms with Gasteiger partial charge >= 0.3 is 12.1 Å². The Morgan fingerprint density at radius 1 is 1.20 bits per heavy atom. The zero-order chi connectivity index (χ0) is 15.2. The lowest BCUT2D eigenvalue weighted by Crippen LogP contribution is -2.33. The van der Waals surface area contributed by atoms with Gasteiger partial charge in [-0.25, -0.2) is 4.79 Å². The van der Waals surface area contributed by atoms with Gasteiger partial charge in [0.15, 0.2) is 12.2 Å². The average Bonchev–Trinajstić information content (AvgIpc) is 2.39. The summed E-state index contributed by atoms with van der Waals surface area (Å²) in [5.74, 6) is -0.778. The molecule has 20 heavy (non-hydrogen) atoms. The molecular formula is C14H17F3O3. The van der Waals surface area contributed by atoms with E-state index in [4.69, 9.17) is 9.47 Å². The van der Waals surface area contributed by atoms with Crippen LogP contribution >= 0.6 is 0 Å². The predicted octanol–water partition coefficient (Wildman–Crippen LogP) is 3.65. The summed E-state index contributed by atoms with van der Waals surface area (Å²) in [7, 11) is 0. The summed E-state index contributed by atoms with van der Waals surface area (Å²) >= 11 is 0. The van der Waals surface area contributed by atoms with Crippen molar-refractivity contribution in [3.63, 3.8) is 0 Å². The molecule has 0 aliphatic carbocycles. The molecule has 3 nitrogen and oxygen atoms in total. The summed E-state index contributed by atoms with van der Waals surface area (Å²) in [6, 6.07) is 7.22. The lowest BCUT2D eigenvalue weighted by Gasteiger charge is -2.25. The van der Waals surface area contributed by atoms with Crippen LogP contribution in [0.25, 0.3) is 0 Å². The van der Waals surface area contributed by atoms with Crippen LogP contribution in [0.1, 0.15) is 31.9 Å². The molecular weight excluding hydrogens is 273 g/mol. The van der Waals surface area contributed by atoms with Crippen molar-refractivity contribution in [2.45, 2.75) is 38.7 Å². The molecule has 1 aromatic rings. The molecule has 0 fully saturated rings. The maximum Gasteiger partial charge on any atom is 0.418 e.